The molecule has 7 heteroatoms. The minimum atomic E-state index is -1.13. The van der Waals surface area contributed by atoms with Crippen molar-refractivity contribution in [3.63, 3.8) is 0 Å². The predicted octanol–water partition coefficient (Wildman–Crippen LogP) is 4.83. The number of fused-ring (bicyclic) bond motifs is 2. The summed E-state index contributed by atoms with van der Waals surface area (Å²) in [7, 11) is 0. The molecule has 11 atom stereocenters. The molecule has 0 aromatic carbocycles. The molecule has 1 unspecified atom stereocenters. The molecule has 0 heterocycles. The minimum absolute atomic E-state index is 0.121. The van der Waals surface area contributed by atoms with E-state index in [1.54, 1.807) is 6.92 Å². The van der Waals surface area contributed by atoms with Crippen LogP contribution in [-0.2, 0) is 28.7 Å². The second kappa shape index (κ2) is 9.25. The predicted molar refractivity (Wildman–Crippen MR) is 144 cm³/mol. The summed E-state index contributed by atoms with van der Waals surface area (Å²) in [6.45, 7) is 14.8. The molecule has 0 bridgehead atoms. The monoisotopic (exact) mass is 542 g/mol. The van der Waals surface area contributed by atoms with E-state index in [0.29, 0.717) is 30.5 Å². The number of rotatable bonds is 7. The number of aliphatic hydroxyl groups is 1. The molecule has 1 N–H and O–H groups in total. The molecule has 2 spiro atoms. The molecule has 7 nitrogen and oxygen atoms in total. The maximum absolute atomic E-state index is 13.9. The van der Waals surface area contributed by atoms with Gasteiger partial charge in [0.25, 0.3) is 0 Å². The van der Waals surface area contributed by atoms with Crippen molar-refractivity contribution in [3.05, 3.63) is 12.2 Å². The molecule has 0 aliphatic heterocycles. The number of Topliss-reactive ketones (excluding diaryl/α,β-unsaturated/α-hetero) is 2. The highest BCUT2D eigenvalue weighted by Crippen LogP contribution is 2.88. The molecule has 0 aromatic rings. The number of hydrogen-bond acceptors (Lipinski definition) is 7. The Hall–Kier alpha value is -2.02. The zero-order valence-electron chi connectivity index (χ0n) is 24.5. The van der Waals surface area contributed by atoms with Gasteiger partial charge in [0.2, 0.25) is 0 Å². The highest BCUT2D eigenvalue weighted by atomic mass is 16.6. The Kier molecular flexibility index (Phi) is 6.76. The number of aliphatic hydroxyl groups excluding tert-OH is 1. The van der Waals surface area contributed by atoms with E-state index in [4.69, 9.17) is 9.47 Å². The highest BCUT2D eigenvalue weighted by Gasteiger charge is 2.82. The van der Waals surface area contributed by atoms with Gasteiger partial charge in [-0.15, -0.1) is 0 Å². The number of hydrogen-bond donors (Lipinski definition) is 1. The van der Waals surface area contributed by atoms with Crippen LogP contribution in [0.4, 0.5) is 0 Å². The molecule has 5 rings (SSSR count). The quantitative estimate of drug-likeness (QED) is 0.363. The van der Waals surface area contributed by atoms with Gasteiger partial charge in [-0.3, -0.25) is 19.2 Å². The number of carbonyl (C=O) groups is 4. The van der Waals surface area contributed by atoms with Crippen molar-refractivity contribution in [2.24, 2.45) is 51.2 Å². The fourth-order valence-electron chi connectivity index (χ4n) is 10.8. The second-order valence-electron chi connectivity index (χ2n) is 14.2. The Morgan fingerprint density at radius 2 is 1.74 bits per heavy atom. The first-order valence-electron chi connectivity index (χ1n) is 14.9. The van der Waals surface area contributed by atoms with Crippen LogP contribution in [-0.4, -0.2) is 47.4 Å². The van der Waals surface area contributed by atoms with Gasteiger partial charge in [0, 0.05) is 44.6 Å². The minimum Gasteiger partial charge on any atom is -0.462 e. The SMILES string of the molecule is C=C(C(=O)[C@H](OC(C)=O)C1[C@@H](OC(C)=O)C[C@@]2(C)[C@@H]3CC[C@H]4[C@H](C)C(=O)CC[C@@]45C[C@@]35CC[C@]12C)[C@@H](C)CO. The van der Waals surface area contributed by atoms with E-state index in [0.717, 1.165) is 32.1 Å². The molecule has 0 saturated heterocycles. The molecule has 5 fully saturated rings. The third kappa shape index (κ3) is 3.77. The average molecular weight is 543 g/mol. The van der Waals surface area contributed by atoms with E-state index in [1.807, 2.05) is 0 Å². The lowest BCUT2D eigenvalue weighted by Gasteiger charge is -2.61. The highest BCUT2D eigenvalue weighted by molar-refractivity contribution is 6.00. The molecule has 5 aliphatic carbocycles. The molecule has 39 heavy (non-hydrogen) atoms. The Morgan fingerprint density at radius 3 is 2.36 bits per heavy atom. The lowest BCUT2D eigenvalue weighted by Crippen LogP contribution is -2.57. The van der Waals surface area contributed by atoms with E-state index in [1.165, 1.54) is 20.3 Å². The van der Waals surface area contributed by atoms with Crippen LogP contribution in [0.1, 0.15) is 92.9 Å². The van der Waals surface area contributed by atoms with Crippen LogP contribution in [0.25, 0.3) is 0 Å². The summed E-state index contributed by atoms with van der Waals surface area (Å²) >= 11 is 0. The smallest absolute Gasteiger partial charge is 0.303 e. The largest absolute Gasteiger partial charge is 0.462 e. The Labute approximate surface area is 232 Å². The first-order chi connectivity index (χ1) is 18.2. The van der Waals surface area contributed by atoms with Crippen molar-refractivity contribution in [2.75, 3.05) is 6.61 Å². The van der Waals surface area contributed by atoms with Crippen molar-refractivity contribution >= 4 is 23.5 Å². The van der Waals surface area contributed by atoms with Gasteiger partial charge in [-0.1, -0.05) is 34.3 Å². The van der Waals surface area contributed by atoms with Gasteiger partial charge in [0.15, 0.2) is 11.9 Å². The topological polar surface area (TPSA) is 107 Å². The van der Waals surface area contributed by atoms with Gasteiger partial charge in [-0.25, -0.2) is 0 Å². The summed E-state index contributed by atoms with van der Waals surface area (Å²) in [5, 5.41) is 9.71. The van der Waals surface area contributed by atoms with Crippen LogP contribution in [0.5, 0.6) is 0 Å². The maximum atomic E-state index is 13.9. The van der Waals surface area contributed by atoms with Gasteiger partial charge in [-0.05, 0) is 84.0 Å². The van der Waals surface area contributed by atoms with Gasteiger partial charge in [0.1, 0.15) is 11.9 Å². The fourth-order valence-corrected chi connectivity index (χ4v) is 10.8. The van der Waals surface area contributed by atoms with E-state index < -0.39 is 47.2 Å². The number of ketones is 2. The van der Waals surface area contributed by atoms with Gasteiger partial charge in [0.05, 0.1) is 0 Å². The zero-order valence-corrected chi connectivity index (χ0v) is 24.5. The van der Waals surface area contributed by atoms with Gasteiger partial charge >= 0.3 is 11.9 Å². The third-order valence-electron chi connectivity index (χ3n) is 12.9. The van der Waals surface area contributed by atoms with Crippen molar-refractivity contribution in [1.82, 2.24) is 0 Å². The van der Waals surface area contributed by atoms with Crippen LogP contribution in [0.3, 0.4) is 0 Å². The molecule has 0 radical (unpaired) electrons. The summed E-state index contributed by atoms with van der Waals surface area (Å²) in [5.41, 5.74) is -0.0349. The maximum Gasteiger partial charge on any atom is 0.303 e. The molecular weight excluding hydrogens is 496 g/mol. The second-order valence-corrected chi connectivity index (χ2v) is 14.2. The van der Waals surface area contributed by atoms with E-state index in [9.17, 15) is 24.3 Å². The summed E-state index contributed by atoms with van der Waals surface area (Å²) in [5.74, 6) is -0.993. The summed E-state index contributed by atoms with van der Waals surface area (Å²) < 4.78 is 11.8. The lowest BCUT2D eigenvalue weighted by molar-refractivity contribution is -0.174. The Morgan fingerprint density at radius 1 is 1.05 bits per heavy atom. The molecule has 5 aliphatic rings. The molecular formula is C32H46O7. The number of esters is 2. The van der Waals surface area contributed by atoms with Crippen molar-refractivity contribution < 1.29 is 33.8 Å². The van der Waals surface area contributed by atoms with Crippen LogP contribution in [0.15, 0.2) is 12.2 Å². The molecule has 5 saturated carbocycles. The summed E-state index contributed by atoms with van der Waals surface area (Å²) in [6, 6.07) is 0. The fraction of sp³-hybridized carbons (Fsp3) is 0.812. The van der Waals surface area contributed by atoms with Gasteiger partial charge in [-0.2, -0.15) is 0 Å². The van der Waals surface area contributed by atoms with E-state index in [-0.39, 0.29) is 34.3 Å². The van der Waals surface area contributed by atoms with E-state index in [2.05, 4.69) is 27.4 Å². The van der Waals surface area contributed by atoms with Crippen LogP contribution < -0.4 is 0 Å². The van der Waals surface area contributed by atoms with Crippen LogP contribution >= 0.6 is 0 Å². The van der Waals surface area contributed by atoms with Crippen LogP contribution in [0, 0.1) is 51.2 Å². The van der Waals surface area contributed by atoms with Crippen molar-refractivity contribution in [3.8, 4) is 0 Å². The molecule has 0 amide bonds. The first-order valence-corrected chi connectivity index (χ1v) is 14.9. The van der Waals surface area contributed by atoms with Crippen LogP contribution in [0.2, 0.25) is 0 Å². The average Bonchev–Trinajstić information content (AvgIpc) is 3.48. The standard InChI is InChI=1S/C32H46O7/c1-17(15-33)18(2)27(37)28(39-21(5)35)26-24(38-20(4)34)14-30(7)25-9-8-22-19(3)23(36)10-11-31(22)16-32(25,31)13-12-29(26,30)6/h17,19,22,24-26,28,33H,2,8-16H2,1,3-7H3/t17-,19-,22-,24-,25-,26?,28+,29+,30-,31+,32-/m0/s1. The number of ether oxygens (including phenoxy) is 2. The van der Waals surface area contributed by atoms with Crippen molar-refractivity contribution in [1.29, 1.82) is 0 Å². The third-order valence-corrected chi connectivity index (χ3v) is 12.9. The lowest BCUT2D eigenvalue weighted by atomic mass is 9.43. The normalized spacial score (nSPS) is 45.5. The summed E-state index contributed by atoms with van der Waals surface area (Å²) in [6.07, 6.45) is 5.64. The summed E-state index contributed by atoms with van der Waals surface area (Å²) in [4.78, 5) is 51.3. The zero-order chi connectivity index (χ0) is 28.7. The van der Waals surface area contributed by atoms with Crippen molar-refractivity contribution in [2.45, 2.75) is 105 Å². The first kappa shape index (κ1) is 28.5. The molecule has 0 aromatic heterocycles. The Bertz CT molecular complexity index is 1110. The van der Waals surface area contributed by atoms with Gasteiger partial charge < -0.3 is 14.6 Å². The van der Waals surface area contributed by atoms with E-state index >= 15 is 0 Å². The Balaban J connectivity index is 1.56. The number of carbonyl (C=O) groups excluding carboxylic acids is 4. The molecule has 216 valence electrons.